The fraction of sp³-hybridized carbons (Fsp3) is 0.750. The van der Waals surface area contributed by atoms with E-state index in [1.807, 2.05) is 12.0 Å². The summed E-state index contributed by atoms with van der Waals surface area (Å²) in [6.45, 7) is 10.4. The fourth-order valence-electron chi connectivity index (χ4n) is 0.975. The molecule has 0 radical (unpaired) electrons. The Balaban J connectivity index is 2.09. The molecule has 1 aliphatic rings. The van der Waals surface area contributed by atoms with Crippen molar-refractivity contribution >= 4 is 0 Å². The first-order valence-corrected chi connectivity index (χ1v) is 4.02. The molecule has 1 saturated heterocycles. The van der Waals surface area contributed by atoms with Gasteiger partial charge in [0.2, 0.25) is 0 Å². The summed E-state index contributed by atoms with van der Waals surface area (Å²) in [5.41, 5.74) is 1.07. The third-order valence-corrected chi connectivity index (χ3v) is 1.57. The molecule has 11 heavy (non-hydrogen) atoms. The van der Waals surface area contributed by atoms with Crippen molar-refractivity contribution in [1.82, 2.24) is 10.4 Å². The van der Waals surface area contributed by atoms with Gasteiger partial charge in [-0.3, -0.25) is 4.84 Å². The molecule has 0 saturated carbocycles. The van der Waals surface area contributed by atoms with E-state index in [0.29, 0.717) is 6.61 Å². The average Bonchev–Trinajstić information content (AvgIpc) is 2.03. The van der Waals surface area contributed by atoms with E-state index in [2.05, 4.69) is 11.9 Å². The van der Waals surface area contributed by atoms with E-state index in [1.165, 1.54) is 0 Å². The Morgan fingerprint density at radius 2 is 2.18 bits per heavy atom. The van der Waals surface area contributed by atoms with Crippen LogP contribution < -0.4 is 5.32 Å². The number of nitrogens with zero attached hydrogens (tertiary/aromatic N) is 1. The normalized spacial score (nSPS) is 20.1. The van der Waals surface area contributed by atoms with Gasteiger partial charge in [0.25, 0.3) is 0 Å². The summed E-state index contributed by atoms with van der Waals surface area (Å²) in [5.74, 6) is 0. The van der Waals surface area contributed by atoms with Gasteiger partial charge in [-0.25, -0.2) is 0 Å². The van der Waals surface area contributed by atoms with E-state index in [1.54, 1.807) is 0 Å². The van der Waals surface area contributed by atoms with Gasteiger partial charge in [-0.1, -0.05) is 12.2 Å². The zero-order valence-electron chi connectivity index (χ0n) is 7.10. The summed E-state index contributed by atoms with van der Waals surface area (Å²) >= 11 is 0. The smallest absolute Gasteiger partial charge is 0.0890 e. The van der Waals surface area contributed by atoms with Crippen molar-refractivity contribution in [2.24, 2.45) is 0 Å². The van der Waals surface area contributed by atoms with Gasteiger partial charge < -0.3 is 5.32 Å². The number of hydrogen-bond acceptors (Lipinski definition) is 3. The van der Waals surface area contributed by atoms with E-state index in [-0.39, 0.29) is 0 Å². The second-order valence-electron chi connectivity index (χ2n) is 2.91. The summed E-state index contributed by atoms with van der Waals surface area (Å²) in [6, 6.07) is 0. The molecule has 0 aromatic rings. The third kappa shape index (κ3) is 3.51. The standard InChI is InChI=1S/C8H16N2O/c1-8(2)7-11-10-5-3-9-4-6-10/h9H,1,3-7H2,2H3. The van der Waals surface area contributed by atoms with Crippen molar-refractivity contribution < 1.29 is 4.84 Å². The predicted octanol–water partition coefficient (Wildman–Crippen LogP) is 0.399. The lowest BCUT2D eigenvalue weighted by Crippen LogP contribution is -2.43. The average molecular weight is 156 g/mol. The number of nitrogens with one attached hydrogen (secondary N) is 1. The lowest BCUT2D eigenvalue weighted by molar-refractivity contribution is -0.155. The summed E-state index contributed by atoms with van der Waals surface area (Å²) in [6.07, 6.45) is 0. The molecule has 0 aromatic carbocycles. The Morgan fingerprint density at radius 1 is 1.55 bits per heavy atom. The monoisotopic (exact) mass is 156 g/mol. The molecular weight excluding hydrogens is 140 g/mol. The van der Waals surface area contributed by atoms with Crippen LogP contribution in [0, 0.1) is 0 Å². The maximum Gasteiger partial charge on any atom is 0.0890 e. The molecule has 0 unspecified atom stereocenters. The molecule has 1 heterocycles. The Hall–Kier alpha value is -0.380. The van der Waals surface area contributed by atoms with Crippen LogP contribution >= 0.6 is 0 Å². The highest BCUT2D eigenvalue weighted by Gasteiger charge is 2.08. The molecule has 0 amide bonds. The van der Waals surface area contributed by atoms with E-state index in [4.69, 9.17) is 4.84 Å². The molecular formula is C8H16N2O. The largest absolute Gasteiger partial charge is 0.314 e. The second-order valence-corrected chi connectivity index (χ2v) is 2.91. The highest BCUT2D eigenvalue weighted by molar-refractivity contribution is 4.87. The van der Waals surface area contributed by atoms with E-state index in [9.17, 15) is 0 Å². The molecule has 3 heteroatoms. The van der Waals surface area contributed by atoms with Gasteiger partial charge in [0.05, 0.1) is 6.61 Å². The number of rotatable bonds is 3. The van der Waals surface area contributed by atoms with Gasteiger partial charge in [-0.05, 0) is 6.92 Å². The number of hydroxylamine groups is 2. The summed E-state index contributed by atoms with van der Waals surface area (Å²) in [5, 5.41) is 5.25. The van der Waals surface area contributed by atoms with Crippen LogP contribution in [0.5, 0.6) is 0 Å². The molecule has 64 valence electrons. The summed E-state index contributed by atoms with van der Waals surface area (Å²) in [7, 11) is 0. The first-order chi connectivity index (χ1) is 5.29. The van der Waals surface area contributed by atoms with Gasteiger partial charge >= 0.3 is 0 Å². The Kier molecular flexibility index (Phi) is 3.56. The van der Waals surface area contributed by atoms with Gasteiger partial charge in [-0.15, -0.1) is 0 Å². The van der Waals surface area contributed by atoms with E-state index in [0.717, 1.165) is 31.8 Å². The Bertz CT molecular complexity index is 130. The van der Waals surface area contributed by atoms with E-state index < -0.39 is 0 Å². The van der Waals surface area contributed by atoms with Crippen LogP contribution in [-0.4, -0.2) is 37.8 Å². The van der Waals surface area contributed by atoms with Crippen LogP contribution in [-0.2, 0) is 4.84 Å². The lowest BCUT2D eigenvalue weighted by Gasteiger charge is -2.26. The lowest BCUT2D eigenvalue weighted by atomic mass is 10.4. The van der Waals surface area contributed by atoms with Crippen molar-refractivity contribution in [2.75, 3.05) is 32.8 Å². The molecule has 0 bridgehead atoms. The molecule has 1 rings (SSSR count). The second kappa shape index (κ2) is 4.49. The minimum Gasteiger partial charge on any atom is -0.314 e. The molecule has 3 nitrogen and oxygen atoms in total. The highest BCUT2D eigenvalue weighted by atomic mass is 16.7. The van der Waals surface area contributed by atoms with Crippen molar-refractivity contribution in [1.29, 1.82) is 0 Å². The van der Waals surface area contributed by atoms with Crippen LogP contribution in [0.15, 0.2) is 12.2 Å². The Labute approximate surface area is 68.0 Å². The van der Waals surface area contributed by atoms with Crippen molar-refractivity contribution in [3.63, 3.8) is 0 Å². The maximum absolute atomic E-state index is 5.44. The molecule has 0 aliphatic carbocycles. The number of hydrogen-bond donors (Lipinski definition) is 1. The van der Waals surface area contributed by atoms with Crippen LogP contribution in [0.4, 0.5) is 0 Å². The van der Waals surface area contributed by atoms with Crippen LogP contribution in [0.2, 0.25) is 0 Å². The first-order valence-electron chi connectivity index (χ1n) is 4.02. The van der Waals surface area contributed by atoms with Gasteiger partial charge in [-0.2, -0.15) is 5.06 Å². The minimum absolute atomic E-state index is 0.653. The van der Waals surface area contributed by atoms with Gasteiger partial charge in [0, 0.05) is 26.2 Å². The molecule has 1 N–H and O–H groups in total. The molecule has 1 fully saturated rings. The predicted molar refractivity (Wildman–Crippen MR) is 45.2 cm³/mol. The molecule has 0 spiro atoms. The zero-order chi connectivity index (χ0) is 8.10. The highest BCUT2D eigenvalue weighted by Crippen LogP contribution is 1.96. The van der Waals surface area contributed by atoms with Crippen molar-refractivity contribution in [2.45, 2.75) is 6.92 Å². The SMILES string of the molecule is C=C(C)CON1CCNCC1. The zero-order valence-corrected chi connectivity index (χ0v) is 7.10. The molecule has 1 aliphatic heterocycles. The molecule has 0 atom stereocenters. The Morgan fingerprint density at radius 3 is 2.73 bits per heavy atom. The summed E-state index contributed by atoms with van der Waals surface area (Å²) in [4.78, 5) is 5.44. The molecule has 0 aromatic heterocycles. The first kappa shape index (κ1) is 8.71. The van der Waals surface area contributed by atoms with E-state index >= 15 is 0 Å². The van der Waals surface area contributed by atoms with Crippen molar-refractivity contribution in [3.8, 4) is 0 Å². The van der Waals surface area contributed by atoms with Crippen molar-refractivity contribution in [3.05, 3.63) is 12.2 Å². The van der Waals surface area contributed by atoms with Crippen LogP contribution in [0.1, 0.15) is 6.92 Å². The topological polar surface area (TPSA) is 24.5 Å². The maximum atomic E-state index is 5.44. The third-order valence-electron chi connectivity index (χ3n) is 1.57. The number of piperazine rings is 1. The summed E-state index contributed by atoms with van der Waals surface area (Å²) < 4.78 is 0. The minimum atomic E-state index is 0.653. The van der Waals surface area contributed by atoms with Gasteiger partial charge in [0.1, 0.15) is 0 Å². The van der Waals surface area contributed by atoms with Crippen LogP contribution in [0.3, 0.4) is 0 Å². The van der Waals surface area contributed by atoms with Gasteiger partial charge in [0.15, 0.2) is 0 Å². The quantitative estimate of drug-likeness (QED) is 0.599. The fourth-order valence-corrected chi connectivity index (χ4v) is 0.975. The van der Waals surface area contributed by atoms with Crippen LogP contribution in [0.25, 0.3) is 0 Å².